The summed E-state index contributed by atoms with van der Waals surface area (Å²) in [7, 11) is 0. The Balaban J connectivity index is 1.19. The van der Waals surface area contributed by atoms with E-state index in [4.69, 9.17) is 11.6 Å². The number of benzene rings is 2. The van der Waals surface area contributed by atoms with E-state index < -0.39 is 0 Å². The first-order valence-electron chi connectivity index (χ1n) is 12.9. The quantitative estimate of drug-likeness (QED) is 0.402. The summed E-state index contributed by atoms with van der Waals surface area (Å²) in [6, 6.07) is 16.1. The van der Waals surface area contributed by atoms with Gasteiger partial charge in [0.15, 0.2) is 0 Å². The van der Waals surface area contributed by atoms with E-state index in [1.54, 1.807) is 12.3 Å². The molecule has 8 heteroatoms. The number of halogens is 1. The molecular formula is C29H30ClN5O2. The Morgan fingerprint density at radius 3 is 2.62 bits per heavy atom. The number of nitrogens with zero attached hydrogens (tertiary/aromatic N) is 3. The second kappa shape index (κ2) is 9.80. The van der Waals surface area contributed by atoms with E-state index in [0.717, 1.165) is 55.5 Å². The molecule has 1 amide bonds. The van der Waals surface area contributed by atoms with Crippen molar-refractivity contribution in [3.8, 4) is 5.69 Å². The number of nitrogens with one attached hydrogen (secondary N) is 2. The van der Waals surface area contributed by atoms with Gasteiger partial charge in [-0.15, -0.1) is 0 Å². The molecule has 37 heavy (non-hydrogen) atoms. The van der Waals surface area contributed by atoms with Gasteiger partial charge in [-0.3, -0.25) is 18.9 Å². The number of aromatic nitrogens is 3. The molecule has 3 heterocycles. The Morgan fingerprint density at radius 1 is 1.05 bits per heavy atom. The molecular weight excluding hydrogens is 486 g/mol. The molecule has 1 aliphatic carbocycles. The zero-order valence-corrected chi connectivity index (χ0v) is 21.6. The highest BCUT2D eigenvalue weighted by Gasteiger charge is 2.26. The molecule has 1 aliphatic heterocycles. The normalized spacial score (nSPS) is 19.2. The number of para-hydroxylation sites is 2. The van der Waals surface area contributed by atoms with Crippen LogP contribution in [-0.2, 0) is 19.6 Å². The minimum atomic E-state index is -0.125. The number of hydrogen-bond donors (Lipinski definition) is 2. The van der Waals surface area contributed by atoms with Crippen molar-refractivity contribution in [3.05, 3.63) is 92.6 Å². The molecule has 0 radical (unpaired) electrons. The molecule has 6 rings (SSSR count). The second-order valence-corrected chi connectivity index (χ2v) is 10.7. The van der Waals surface area contributed by atoms with Crippen molar-refractivity contribution in [1.82, 2.24) is 24.8 Å². The SMILES string of the molecule is Cc1ncc(Cl)cc1C(=O)N[C@H]1CC[C@H](Cn2c(=O)n(-c3ccc4c(c3)CNC4)c3ccccc32)CC1. The van der Waals surface area contributed by atoms with Gasteiger partial charge in [0.25, 0.3) is 5.91 Å². The largest absolute Gasteiger partial charge is 0.349 e. The number of imidazole rings is 1. The Bertz CT molecular complexity index is 1550. The Kier molecular flexibility index (Phi) is 6.34. The average Bonchev–Trinajstić information content (AvgIpc) is 3.48. The number of fused-ring (bicyclic) bond motifs is 2. The molecule has 190 valence electrons. The van der Waals surface area contributed by atoms with Gasteiger partial charge in [-0.2, -0.15) is 0 Å². The van der Waals surface area contributed by atoms with E-state index in [9.17, 15) is 9.59 Å². The van der Waals surface area contributed by atoms with E-state index in [0.29, 0.717) is 28.7 Å². The number of aryl methyl sites for hydroxylation is 1. The zero-order valence-electron chi connectivity index (χ0n) is 20.8. The van der Waals surface area contributed by atoms with Crippen LogP contribution in [0.15, 0.2) is 59.5 Å². The summed E-state index contributed by atoms with van der Waals surface area (Å²) in [5, 5.41) is 7.00. The number of pyridine rings is 1. The Hall–Kier alpha value is -3.42. The van der Waals surface area contributed by atoms with E-state index >= 15 is 0 Å². The van der Waals surface area contributed by atoms with E-state index in [-0.39, 0.29) is 17.6 Å². The molecule has 1 saturated carbocycles. The van der Waals surface area contributed by atoms with Crippen molar-refractivity contribution in [1.29, 1.82) is 0 Å². The first-order valence-corrected chi connectivity index (χ1v) is 13.3. The van der Waals surface area contributed by atoms with Gasteiger partial charge in [-0.1, -0.05) is 29.8 Å². The molecule has 7 nitrogen and oxygen atoms in total. The molecule has 2 aromatic carbocycles. The molecule has 2 N–H and O–H groups in total. The summed E-state index contributed by atoms with van der Waals surface area (Å²) in [4.78, 5) is 30.7. The van der Waals surface area contributed by atoms with Crippen molar-refractivity contribution in [3.63, 3.8) is 0 Å². The number of carbonyl (C=O) groups is 1. The minimum absolute atomic E-state index is 0.00599. The fraction of sp³-hybridized carbons (Fsp3) is 0.345. The van der Waals surface area contributed by atoms with Crippen molar-refractivity contribution >= 4 is 28.5 Å². The summed E-state index contributed by atoms with van der Waals surface area (Å²) < 4.78 is 3.78. The van der Waals surface area contributed by atoms with Gasteiger partial charge in [0.2, 0.25) is 0 Å². The number of hydrogen-bond acceptors (Lipinski definition) is 4. The van der Waals surface area contributed by atoms with Crippen LogP contribution in [0, 0.1) is 12.8 Å². The van der Waals surface area contributed by atoms with Crippen LogP contribution >= 0.6 is 11.6 Å². The van der Waals surface area contributed by atoms with Crippen molar-refractivity contribution in [2.24, 2.45) is 5.92 Å². The molecule has 4 aromatic rings. The maximum Gasteiger partial charge on any atom is 0.333 e. The van der Waals surface area contributed by atoms with E-state index in [2.05, 4.69) is 33.8 Å². The first kappa shape index (κ1) is 23.9. The molecule has 0 bridgehead atoms. The summed E-state index contributed by atoms with van der Waals surface area (Å²) in [6.45, 7) is 4.21. The molecule has 0 spiro atoms. The van der Waals surface area contributed by atoms with E-state index in [1.165, 1.54) is 11.1 Å². The lowest BCUT2D eigenvalue weighted by molar-refractivity contribution is 0.0919. The molecule has 0 unspecified atom stereocenters. The highest BCUT2D eigenvalue weighted by Crippen LogP contribution is 2.28. The van der Waals surface area contributed by atoms with Crippen LogP contribution in [0.5, 0.6) is 0 Å². The third-order valence-corrected chi connectivity index (χ3v) is 8.04. The van der Waals surface area contributed by atoms with Crippen molar-refractivity contribution in [2.45, 2.75) is 58.3 Å². The second-order valence-electron chi connectivity index (χ2n) is 10.3. The number of rotatable bonds is 5. The predicted octanol–water partition coefficient (Wildman–Crippen LogP) is 4.74. The lowest BCUT2D eigenvalue weighted by atomic mass is 9.85. The van der Waals surface area contributed by atoms with Gasteiger partial charge in [0.1, 0.15) is 0 Å². The maximum atomic E-state index is 13.7. The minimum Gasteiger partial charge on any atom is -0.349 e. The zero-order chi connectivity index (χ0) is 25.5. The van der Waals surface area contributed by atoms with Gasteiger partial charge in [-0.25, -0.2) is 4.79 Å². The van der Waals surface area contributed by atoms with Gasteiger partial charge in [-0.05, 0) is 80.0 Å². The fourth-order valence-electron chi connectivity index (χ4n) is 5.80. The predicted molar refractivity (Wildman–Crippen MR) is 145 cm³/mol. The Morgan fingerprint density at radius 2 is 1.81 bits per heavy atom. The highest BCUT2D eigenvalue weighted by atomic mass is 35.5. The van der Waals surface area contributed by atoms with Crippen LogP contribution in [-0.4, -0.2) is 26.1 Å². The van der Waals surface area contributed by atoms with Gasteiger partial charge in [0.05, 0.1) is 33.0 Å². The molecule has 2 aliphatic rings. The lowest BCUT2D eigenvalue weighted by Crippen LogP contribution is -2.39. The molecule has 0 atom stereocenters. The molecule has 0 saturated heterocycles. The van der Waals surface area contributed by atoms with E-state index in [1.807, 2.05) is 40.3 Å². The monoisotopic (exact) mass is 515 g/mol. The van der Waals surface area contributed by atoms with Crippen LogP contribution in [0.2, 0.25) is 5.02 Å². The average molecular weight is 516 g/mol. The summed E-state index contributed by atoms with van der Waals surface area (Å²) in [6.07, 6.45) is 5.23. The summed E-state index contributed by atoms with van der Waals surface area (Å²) in [5.41, 5.74) is 6.57. The number of amides is 1. The smallest absolute Gasteiger partial charge is 0.333 e. The lowest BCUT2D eigenvalue weighted by Gasteiger charge is -2.29. The van der Waals surface area contributed by atoms with Crippen LogP contribution in [0.3, 0.4) is 0 Å². The van der Waals surface area contributed by atoms with Gasteiger partial charge >= 0.3 is 5.69 Å². The maximum absolute atomic E-state index is 13.7. The number of carbonyl (C=O) groups excluding carboxylic acids is 1. The summed E-state index contributed by atoms with van der Waals surface area (Å²) in [5.74, 6) is 0.253. The van der Waals surface area contributed by atoms with Crippen LogP contribution in [0.25, 0.3) is 16.7 Å². The van der Waals surface area contributed by atoms with Crippen LogP contribution in [0.1, 0.15) is 52.9 Å². The third-order valence-electron chi connectivity index (χ3n) is 7.84. The van der Waals surface area contributed by atoms with Crippen molar-refractivity contribution in [2.75, 3.05) is 0 Å². The third kappa shape index (κ3) is 4.58. The topological polar surface area (TPSA) is 81.0 Å². The Labute approximate surface area is 220 Å². The highest BCUT2D eigenvalue weighted by molar-refractivity contribution is 6.30. The van der Waals surface area contributed by atoms with Crippen LogP contribution < -0.4 is 16.3 Å². The first-order chi connectivity index (χ1) is 18.0. The van der Waals surface area contributed by atoms with Crippen LogP contribution in [0.4, 0.5) is 0 Å². The standard InChI is InChI=1S/C29H30ClN5O2/c1-18-25(13-22(30)16-32-18)28(36)33-23-9-6-19(7-10-23)17-34-26-4-2-3-5-27(26)35(29(34)37)24-11-8-20-14-31-15-21(20)12-24/h2-5,8,11-13,16,19,23,31H,6-7,9-10,14-15,17H2,1H3,(H,33,36)/t19-,23-. The molecule has 1 fully saturated rings. The molecule has 2 aromatic heterocycles. The summed E-state index contributed by atoms with van der Waals surface area (Å²) >= 11 is 6.04. The van der Waals surface area contributed by atoms with Gasteiger partial charge in [0, 0.05) is 31.9 Å². The fourth-order valence-corrected chi connectivity index (χ4v) is 5.96. The van der Waals surface area contributed by atoms with Gasteiger partial charge < -0.3 is 10.6 Å². The van der Waals surface area contributed by atoms with Crippen molar-refractivity contribution < 1.29 is 4.79 Å².